The fourth-order valence-electron chi connectivity index (χ4n) is 3.27. The molecular formula is C19H21N5O. The van der Waals surface area contributed by atoms with Crippen LogP contribution in [0.25, 0.3) is 0 Å². The maximum absolute atomic E-state index is 5.82. The third kappa shape index (κ3) is 4.03. The van der Waals surface area contributed by atoms with Crippen molar-refractivity contribution in [1.29, 1.82) is 0 Å². The number of nitrogens with zero attached hydrogens (tertiary/aromatic N) is 4. The Morgan fingerprint density at radius 3 is 2.88 bits per heavy atom. The Bertz CT molecular complexity index is 791. The molecule has 0 spiro atoms. The highest BCUT2D eigenvalue weighted by Gasteiger charge is 2.23. The van der Waals surface area contributed by atoms with Crippen LogP contribution in [0.4, 0.5) is 0 Å². The van der Waals surface area contributed by atoms with Gasteiger partial charge in [-0.3, -0.25) is 9.88 Å². The molecule has 2 aromatic heterocycles. The molecule has 1 fully saturated rings. The predicted molar refractivity (Wildman–Crippen MR) is 94.4 cm³/mol. The first kappa shape index (κ1) is 15.8. The van der Waals surface area contributed by atoms with Gasteiger partial charge in [-0.05, 0) is 31.5 Å². The molecule has 6 heteroatoms. The van der Waals surface area contributed by atoms with Crippen LogP contribution in [-0.2, 0) is 6.54 Å². The number of aromatic nitrogens is 4. The standard InChI is InChI=1S/C19H21N5O/c1-2-6-17(7-3-1)25-19-11-20-10-18(23-19)15-5-4-8-24(12-15)13-16-9-21-14-22-16/h1-3,6-7,9-11,14-15H,4-5,8,12-13H2,(H,21,22)/t15-/m0/s1. The fraction of sp³-hybridized carbons (Fsp3) is 0.316. The molecule has 3 aromatic rings. The minimum absolute atomic E-state index is 0.378. The highest BCUT2D eigenvalue weighted by Crippen LogP contribution is 2.28. The van der Waals surface area contributed by atoms with E-state index in [1.807, 2.05) is 42.7 Å². The van der Waals surface area contributed by atoms with Gasteiger partial charge < -0.3 is 9.72 Å². The maximum Gasteiger partial charge on any atom is 0.238 e. The lowest BCUT2D eigenvalue weighted by Crippen LogP contribution is -2.34. The summed E-state index contributed by atoms with van der Waals surface area (Å²) in [6.45, 7) is 2.97. The fourth-order valence-corrected chi connectivity index (χ4v) is 3.27. The highest BCUT2D eigenvalue weighted by atomic mass is 16.5. The molecule has 0 bridgehead atoms. The maximum atomic E-state index is 5.82. The van der Waals surface area contributed by atoms with Crippen molar-refractivity contribution in [3.8, 4) is 11.6 Å². The summed E-state index contributed by atoms with van der Waals surface area (Å²) in [6, 6.07) is 9.69. The number of piperidine rings is 1. The first-order valence-corrected chi connectivity index (χ1v) is 8.61. The van der Waals surface area contributed by atoms with Crippen LogP contribution in [0, 0.1) is 0 Å². The van der Waals surface area contributed by atoms with Crippen molar-refractivity contribution >= 4 is 0 Å². The number of hydrogen-bond donors (Lipinski definition) is 1. The number of rotatable bonds is 5. The van der Waals surface area contributed by atoms with Gasteiger partial charge in [0.15, 0.2) is 0 Å². The molecule has 0 aliphatic carbocycles. The molecule has 1 saturated heterocycles. The third-order valence-corrected chi connectivity index (χ3v) is 4.47. The van der Waals surface area contributed by atoms with Crippen molar-refractivity contribution < 1.29 is 4.74 Å². The molecule has 0 unspecified atom stereocenters. The van der Waals surface area contributed by atoms with Crippen molar-refractivity contribution in [3.05, 3.63) is 66.6 Å². The van der Waals surface area contributed by atoms with E-state index in [2.05, 4.69) is 19.9 Å². The van der Waals surface area contributed by atoms with E-state index in [0.717, 1.165) is 49.6 Å². The van der Waals surface area contributed by atoms with E-state index in [-0.39, 0.29) is 0 Å². The lowest BCUT2D eigenvalue weighted by Gasteiger charge is -2.31. The average molecular weight is 335 g/mol. The quantitative estimate of drug-likeness (QED) is 0.774. The normalized spacial score (nSPS) is 18.2. The Hall–Kier alpha value is -2.73. The monoisotopic (exact) mass is 335 g/mol. The summed E-state index contributed by atoms with van der Waals surface area (Å²) in [5.74, 6) is 1.70. The second-order valence-electron chi connectivity index (χ2n) is 6.35. The van der Waals surface area contributed by atoms with Gasteiger partial charge in [-0.2, -0.15) is 0 Å². The van der Waals surface area contributed by atoms with Gasteiger partial charge in [-0.15, -0.1) is 0 Å². The number of likely N-dealkylation sites (tertiary alicyclic amines) is 1. The second kappa shape index (κ2) is 7.44. The van der Waals surface area contributed by atoms with Crippen LogP contribution in [0.2, 0.25) is 0 Å². The Morgan fingerprint density at radius 2 is 2.04 bits per heavy atom. The molecule has 4 rings (SSSR count). The van der Waals surface area contributed by atoms with Crippen LogP contribution in [0.5, 0.6) is 11.6 Å². The molecule has 6 nitrogen and oxygen atoms in total. The van der Waals surface area contributed by atoms with E-state index >= 15 is 0 Å². The van der Waals surface area contributed by atoms with Gasteiger partial charge in [0.2, 0.25) is 5.88 Å². The van der Waals surface area contributed by atoms with Crippen LogP contribution in [0.15, 0.2) is 55.2 Å². The lowest BCUT2D eigenvalue weighted by atomic mass is 9.95. The molecule has 0 saturated carbocycles. The van der Waals surface area contributed by atoms with Crippen molar-refractivity contribution in [2.75, 3.05) is 13.1 Å². The summed E-state index contributed by atoms with van der Waals surface area (Å²) >= 11 is 0. The molecule has 1 atom stereocenters. The first-order chi connectivity index (χ1) is 12.4. The van der Waals surface area contributed by atoms with Gasteiger partial charge in [-0.1, -0.05) is 18.2 Å². The SMILES string of the molecule is c1ccc(Oc2cncc([C@H]3CCCN(Cc4cnc[nH]4)C3)n2)cc1. The number of ether oxygens (including phenoxy) is 1. The number of imidazole rings is 1. The summed E-state index contributed by atoms with van der Waals surface area (Å²) in [7, 11) is 0. The Morgan fingerprint density at radius 1 is 1.12 bits per heavy atom. The summed E-state index contributed by atoms with van der Waals surface area (Å²) < 4.78 is 5.82. The molecule has 1 aliphatic heterocycles. The molecule has 3 heterocycles. The highest BCUT2D eigenvalue weighted by molar-refractivity contribution is 5.26. The number of aromatic amines is 1. The van der Waals surface area contributed by atoms with E-state index in [1.165, 1.54) is 0 Å². The Kier molecular flexibility index (Phi) is 4.70. The average Bonchev–Trinajstić information content (AvgIpc) is 3.16. The minimum Gasteiger partial charge on any atom is -0.437 e. The summed E-state index contributed by atoms with van der Waals surface area (Å²) in [4.78, 5) is 18.7. The molecule has 0 amide bonds. The Labute approximate surface area is 146 Å². The number of benzene rings is 1. The molecule has 1 aromatic carbocycles. The zero-order chi connectivity index (χ0) is 16.9. The molecule has 1 N–H and O–H groups in total. The van der Waals surface area contributed by atoms with E-state index in [0.29, 0.717) is 11.8 Å². The number of H-pyrrole nitrogens is 1. The lowest BCUT2D eigenvalue weighted by molar-refractivity contribution is 0.196. The third-order valence-electron chi connectivity index (χ3n) is 4.47. The first-order valence-electron chi connectivity index (χ1n) is 8.61. The Balaban J connectivity index is 1.44. The molecule has 1 aliphatic rings. The van der Waals surface area contributed by atoms with E-state index < -0.39 is 0 Å². The van der Waals surface area contributed by atoms with E-state index in [1.54, 1.807) is 12.5 Å². The minimum atomic E-state index is 0.378. The largest absolute Gasteiger partial charge is 0.437 e. The zero-order valence-corrected chi connectivity index (χ0v) is 14.0. The second-order valence-corrected chi connectivity index (χ2v) is 6.35. The van der Waals surface area contributed by atoms with Crippen LogP contribution in [0.3, 0.4) is 0 Å². The van der Waals surface area contributed by atoms with Crippen molar-refractivity contribution in [2.45, 2.75) is 25.3 Å². The van der Waals surface area contributed by atoms with Gasteiger partial charge in [0.05, 0.1) is 18.2 Å². The van der Waals surface area contributed by atoms with Gasteiger partial charge in [-0.25, -0.2) is 9.97 Å². The predicted octanol–water partition coefficient (Wildman–Crippen LogP) is 3.37. The van der Waals surface area contributed by atoms with Crippen LogP contribution in [0.1, 0.15) is 30.1 Å². The molecule has 25 heavy (non-hydrogen) atoms. The van der Waals surface area contributed by atoms with E-state index in [9.17, 15) is 0 Å². The van der Waals surface area contributed by atoms with Gasteiger partial charge in [0.1, 0.15) is 5.75 Å². The number of para-hydroxylation sites is 1. The summed E-state index contributed by atoms with van der Waals surface area (Å²) in [5, 5.41) is 0. The van der Waals surface area contributed by atoms with Crippen molar-refractivity contribution in [3.63, 3.8) is 0 Å². The van der Waals surface area contributed by atoms with Crippen molar-refractivity contribution in [1.82, 2.24) is 24.8 Å². The number of hydrogen-bond acceptors (Lipinski definition) is 5. The topological polar surface area (TPSA) is 66.9 Å². The van der Waals surface area contributed by atoms with Gasteiger partial charge in [0.25, 0.3) is 0 Å². The van der Waals surface area contributed by atoms with E-state index in [4.69, 9.17) is 9.72 Å². The summed E-state index contributed by atoms with van der Waals surface area (Å²) in [6.07, 6.45) is 9.43. The van der Waals surface area contributed by atoms with Crippen LogP contribution < -0.4 is 4.74 Å². The zero-order valence-electron chi connectivity index (χ0n) is 14.0. The van der Waals surface area contributed by atoms with Gasteiger partial charge >= 0.3 is 0 Å². The molecule has 0 radical (unpaired) electrons. The molecular weight excluding hydrogens is 314 g/mol. The van der Waals surface area contributed by atoms with Gasteiger partial charge in [0, 0.05) is 37.1 Å². The smallest absolute Gasteiger partial charge is 0.238 e. The molecule has 128 valence electrons. The van der Waals surface area contributed by atoms with Crippen LogP contribution in [-0.4, -0.2) is 37.9 Å². The summed E-state index contributed by atoms with van der Waals surface area (Å²) in [5.41, 5.74) is 2.15. The number of nitrogens with one attached hydrogen (secondary N) is 1. The van der Waals surface area contributed by atoms with Crippen molar-refractivity contribution in [2.24, 2.45) is 0 Å². The van der Waals surface area contributed by atoms with Crippen LogP contribution >= 0.6 is 0 Å².